The molecule has 1 aliphatic carbocycles. The zero-order valence-corrected chi connectivity index (χ0v) is 15.2. The Morgan fingerprint density at radius 2 is 1.88 bits per heavy atom. The molecule has 5 nitrogen and oxygen atoms in total. The van der Waals surface area contributed by atoms with Gasteiger partial charge < -0.3 is 15.5 Å². The SMILES string of the molecule is CN(Cc1ccc(F)c(F)c1)C(=O)CCCNC(=O)NC1CCCCC1. The van der Waals surface area contributed by atoms with Crippen LogP contribution < -0.4 is 10.6 Å². The molecule has 0 heterocycles. The molecular weight excluding hydrogens is 340 g/mol. The van der Waals surface area contributed by atoms with Crippen LogP contribution in [0.1, 0.15) is 50.5 Å². The van der Waals surface area contributed by atoms with Gasteiger partial charge in [0, 0.05) is 32.6 Å². The first kappa shape index (κ1) is 20.1. The molecule has 0 atom stereocenters. The first-order chi connectivity index (χ1) is 12.5. The number of rotatable bonds is 7. The van der Waals surface area contributed by atoms with Crippen LogP contribution in [-0.2, 0) is 11.3 Å². The Bertz CT molecular complexity index is 619. The number of benzene rings is 1. The molecule has 1 aliphatic rings. The summed E-state index contributed by atoms with van der Waals surface area (Å²) in [5.41, 5.74) is 0.532. The second kappa shape index (κ2) is 10.1. The predicted molar refractivity (Wildman–Crippen MR) is 95.5 cm³/mol. The average molecular weight is 367 g/mol. The molecule has 1 aromatic carbocycles. The van der Waals surface area contributed by atoms with Crippen LogP contribution in [0.25, 0.3) is 0 Å². The van der Waals surface area contributed by atoms with E-state index in [1.54, 1.807) is 7.05 Å². The summed E-state index contributed by atoms with van der Waals surface area (Å²) in [6, 6.07) is 3.68. The lowest BCUT2D eigenvalue weighted by atomic mass is 9.96. The molecule has 2 rings (SSSR count). The van der Waals surface area contributed by atoms with Crippen molar-refractivity contribution in [3.63, 3.8) is 0 Å². The summed E-state index contributed by atoms with van der Waals surface area (Å²) in [6.45, 7) is 0.634. The summed E-state index contributed by atoms with van der Waals surface area (Å²) in [7, 11) is 1.62. The number of hydrogen-bond donors (Lipinski definition) is 2. The van der Waals surface area contributed by atoms with Gasteiger partial charge in [-0.3, -0.25) is 4.79 Å². The smallest absolute Gasteiger partial charge is 0.315 e. The zero-order valence-electron chi connectivity index (χ0n) is 15.2. The van der Waals surface area contributed by atoms with Crippen LogP contribution in [0.4, 0.5) is 13.6 Å². The van der Waals surface area contributed by atoms with E-state index in [-0.39, 0.29) is 30.9 Å². The third-order valence-corrected chi connectivity index (χ3v) is 4.62. The van der Waals surface area contributed by atoms with Crippen molar-refractivity contribution in [2.24, 2.45) is 0 Å². The topological polar surface area (TPSA) is 61.4 Å². The van der Waals surface area contributed by atoms with Gasteiger partial charge in [0.15, 0.2) is 11.6 Å². The van der Waals surface area contributed by atoms with E-state index in [4.69, 9.17) is 0 Å². The van der Waals surface area contributed by atoms with E-state index < -0.39 is 11.6 Å². The molecule has 0 radical (unpaired) electrons. The van der Waals surface area contributed by atoms with E-state index in [1.165, 1.54) is 17.4 Å². The zero-order chi connectivity index (χ0) is 18.9. The number of nitrogens with one attached hydrogen (secondary N) is 2. The Kier molecular flexibility index (Phi) is 7.81. The summed E-state index contributed by atoms with van der Waals surface area (Å²) in [5, 5.41) is 5.74. The highest BCUT2D eigenvalue weighted by Crippen LogP contribution is 2.17. The van der Waals surface area contributed by atoms with Gasteiger partial charge >= 0.3 is 6.03 Å². The number of amides is 3. The Hall–Kier alpha value is -2.18. The third-order valence-electron chi connectivity index (χ3n) is 4.62. The summed E-state index contributed by atoms with van der Waals surface area (Å²) in [6.07, 6.45) is 6.41. The van der Waals surface area contributed by atoms with Crippen LogP contribution in [0.3, 0.4) is 0 Å². The molecule has 3 amide bonds. The minimum Gasteiger partial charge on any atom is -0.341 e. The number of carbonyl (C=O) groups excluding carboxylic acids is 2. The van der Waals surface area contributed by atoms with Gasteiger partial charge in [-0.2, -0.15) is 0 Å². The first-order valence-electron chi connectivity index (χ1n) is 9.18. The van der Waals surface area contributed by atoms with Gasteiger partial charge in [0.05, 0.1) is 0 Å². The summed E-state index contributed by atoms with van der Waals surface area (Å²) < 4.78 is 26.1. The van der Waals surface area contributed by atoms with Gasteiger partial charge in [0.1, 0.15) is 0 Å². The Morgan fingerprint density at radius 3 is 2.58 bits per heavy atom. The van der Waals surface area contributed by atoms with Gasteiger partial charge in [-0.1, -0.05) is 25.3 Å². The fourth-order valence-electron chi connectivity index (χ4n) is 3.12. The first-order valence-corrected chi connectivity index (χ1v) is 9.18. The predicted octanol–water partition coefficient (Wildman–Crippen LogP) is 3.34. The van der Waals surface area contributed by atoms with E-state index >= 15 is 0 Å². The van der Waals surface area contributed by atoms with Gasteiger partial charge in [-0.25, -0.2) is 13.6 Å². The van der Waals surface area contributed by atoms with Crippen molar-refractivity contribution in [1.29, 1.82) is 0 Å². The number of halogens is 2. The van der Waals surface area contributed by atoms with Crippen molar-refractivity contribution in [3.8, 4) is 0 Å². The highest BCUT2D eigenvalue weighted by atomic mass is 19.2. The molecule has 0 aliphatic heterocycles. The second-order valence-electron chi connectivity index (χ2n) is 6.84. The van der Waals surface area contributed by atoms with E-state index in [0.717, 1.165) is 37.8 Å². The van der Waals surface area contributed by atoms with Crippen molar-refractivity contribution in [3.05, 3.63) is 35.4 Å². The van der Waals surface area contributed by atoms with Gasteiger partial charge in [-0.15, -0.1) is 0 Å². The summed E-state index contributed by atoms with van der Waals surface area (Å²) in [4.78, 5) is 25.4. The number of urea groups is 1. The largest absolute Gasteiger partial charge is 0.341 e. The number of hydrogen-bond acceptors (Lipinski definition) is 2. The van der Waals surface area contributed by atoms with Crippen LogP contribution in [0.5, 0.6) is 0 Å². The molecule has 1 saturated carbocycles. The van der Waals surface area contributed by atoms with Crippen LogP contribution in [0.15, 0.2) is 18.2 Å². The lowest BCUT2D eigenvalue weighted by molar-refractivity contribution is -0.130. The number of nitrogens with zero attached hydrogens (tertiary/aromatic N) is 1. The van der Waals surface area contributed by atoms with Gasteiger partial charge in [0.25, 0.3) is 0 Å². The fourth-order valence-corrected chi connectivity index (χ4v) is 3.12. The molecule has 26 heavy (non-hydrogen) atoms. The summed E-state index contributed by atoms with van der Waals surface area (Å²) >= 11 is 0. The van der Waals surface area contributed by atoms with Crippen LogP contribution in [0, 0.1) is 11.6 Å². The van der Waals surface area contributed by atoms with Crippen LogP contribution in [-0.4, -0.2) is 36.5 Å². The monoisotopic (exact) mass is 367 g/mol. The maximum Gasteiger partial charge on any atom is 0.315 e. The number of carbonyl (C=O) groups is 2. The maximum atomic E-state index is 13.2. The molecule has 7 heteroatoms. The Balaban J connectivity index is 1.62. The van der Waals surface area contributed by atoms with Crippen molar-refractivity contribution in [1.82, 2.24) is 15.5 Å². The third kappa shape index (κ3) is 6.61. The second-order valence-corrected chi connectivity index (χ2v) is 6.84. The average Bonchev–Trinajstić information content (AvgIpc) is 2.62. The van der Waals surface area contributed by atoms with Crippen LogP contribution >= 0.6 is 0 Å². The van der Waals surface area contributed by atoms with Crippen molar-refractivity contribution in [2.45, 2.75) is 57.5 Å². The van der Waals surface area contributed by atoms with Crippen molar-refractivity contribution in [2.75, 3.05) is 13.6 Å². The standard InChI is InChI=1S/C19H27F2N3O2/c1-24(13-14-9-10-16(20)17(21)12-14)18(25)8-5-11-22-19(26)23-15-6-3-2-4-7-15/h9-10,12,15H,2-8,11,13H2,1H3,(H2,22,23,26). The summed E-state index contributed by atoms with van der Waals surface area (Å²) in [5.74, 6) is -1.93. The van der Waals surface area contributed by atoms with E-state index in [0.29, 0.717) is 18.5 Å². The maximum absolute atomic E-state index is 13.2. The minimum absolute atomic E-state index is 0.107. The fraction of sp³-hybridized carbons (Fsp3) is 0.579. The Morgan fingerprint density at radius 1 is 1.15 bits per heavy atom. The van der Waals surface area contributed by atoms with E-state index in [9.17, 15) is 18.4 Å². The molecule has 0 saturated heterocycles. The molecule has 0 unspecified atom stereocenters. The molecule has 0 bridgehead atoms. The molecule has 144 valence electrons. The molecule has 0 spiro atoms. The quantitative estimate of drug-likeness (QED) is 0.726. The van der Waals surface area contributed by atoms with Crippen molar-refractivity contribution >= 4 is 11.9 Å². The Labute approximate surface area is 153 Å². The molecule has 2 N–H and O–H groups in total. The molecule has 1 aromatic rings. The molecule has 0 aromatic heterocycles. The highest BCUT2D eigenvalue weighted by molar-refractivity contribution is 5.76. The van der Waals surface area contributed by atoms with Crippen LogP contribution in [0.2, 0.25) is 0 Å². The van der Waals surface area contributed by atoms with Gasteiger partial charge in [-0.05, 0) is 37.0 Å². The highest BCUT2D eigenvalue weighted by Gasteiger charge is 2.15. The van der Waals surface area contributed by atoms with E-state index in [1.807, 2.05) is 0 Å². The van der Waals surface area contributed by atoms with E-state index in [2.05, 4.69) is 10.6 Å². The minimum atomic E-state index is -0.920. The molecular formula is C19H27F2N3O2. The van der Waals surface area contributed by atoms with Gasteiger partial charge in [0.2, 0.25) is 5.91 Å². The lowest BCUT2D eigenvalue weighted by Gasteiger charge is -2.23. The lowest BCUT2D eigenvalue weighted by Crippen LogP contribution is -2.43. The van der Waals surface area contributed by atoms with Crippen molar-refractivity contribution < 1.29 is 18.4 Å². The molecule has 1 fully saturated rings. The normalized spacial score (nSPS) is 14.7.